The molecule has 1 atom stereocenters. The van der Waals surface area contributed by atoms with Crippen LogP contribution in [0.3, 0.4) is 0 Å². The molecular weight excluding hydrogens is 305 g/mol. The van der Waals surface area contributed by atoms with Gasteiger partial charge in [-0.1, -0.05) is 12.1 Å². The first-order valence-corrected chi connectivity index (χ1v) is 7.99. The number of rotatable bonds is 5. The Bertz CT molecular complexity index is 627. The molecular formula is C13H17F3N2O2S. The van der Waals surface area contributed by atoms with Gasteiger partial charge in [-0.15, -0.1) is 0 Å². The Kier molecular flexibility index (Phi) is 4.07. The number of nitrogens with one attached hydrogen (secondary N) is 1. The molecule has 1 aromatic rings. The summed E-state index contributed by atoms with van der Waals surface area (Å²) in [6, 6.07) is 4.13. The molecule has 0 saturated heterocycles. The van der Waals surface area contributed by atoms with Crippen LogP contribution in [0, 0.1) is 5.92 Å². The van der Waals surface area contributed by atoms with Crippen molar-refractivity contribution >= 4 is 10.0 Å². The van der Waals surface area contributed by atoms with Crippen molar-refractivity contribution in [1.82, 2.24) is 4.72 Å². The molecule has 1 saturated carbocycles. The molecule has 8 heteroatoms. The van der Waals surface area contributed by atoms with Gasteiger partial charge in [-0.3, -0.25) is 0 Å². The minimum absolute atomic E-state index is 0.0328. The summed E-state index contributed by atoms with van der Waals surface area (Å²) < 4.78 is 65.9. The van der Waals surface area contributed by atoms with Crippen LogP contribution in [0.2, 0.25) is 0 Å². The van der Waals surface area contributed by atoms with Crippen molar-refractivity contribution in [3.63, 3.8) is 0 Å². The molecule has 0 spiro atoms. The van der Waals surface area contributed by atoms with Crippen LogP contribution in [0.25, 0.3) is 0 Å². The molecule has 4 nitrogen and oxygen atoms in total. The monoisotopic (exact) mass is 322 g/mol. The maximum atomic E-state index is 12.9. The number of benzene rings is 1. The minimum atomic E-state index is -4.73. The van der Waals surface area contributed by atoms with E-state index in [1.54, 1.807) is 6.92 Å². The average molecular weight is 322 g/mol. The minimum Gasteiger partial charge on any atom is -0.329 e. The highest BCUT2D eigenvalue weighted by Gasteiger charge is 2.45. The zero-order valence-electron chi connectivity index (χ0n) is 11.4. The molecule has 0 aromatic heterocycles. The number of hydrogen-bond donors (Lipinski definition) is 2. The average Bonchev–Trinajstić information content (AvgIpc) is 3.22. The van der Waals surface area contributed by atoms with Crippen LogP contribution in [0.15, 0.2) is 29.2 Å². The summed E-state index contributed by atoms with van der Waals surface area (Å²) in [4.78, 5) is -0.766. The van der Waals surface area contributed by atoms with Crippen molar-refractivity contribution in [3.8, 4) is 0 Å². The Balaban J connectivity index is 2.41. The van der Waals surface area contributed by atoms with Crippen molar-refractivity contribution in [3.05, 3.63) is 29.8 Å². The highest BCUT2D eigenvalue weighted by atomic mass is 32.2. The van der Waals surface area contributed by atoms with E-state index in [1.165, 1.54) is 6.07 Å². The van der Waals surface area contributed by atoms with Crippen molar-refractivity contribution in [2.75, 3.05) is 6.54 Å². The number of alkyl halides is 3. The summed E-state index contributed by atoms with van der Waals surface area (Å²) in [7, 11) is -4.30. The van der Waals surface area contributed by atoms with E-state index in [0.29, 0.717) is 0 Å². The molecule has 21 heavy (non-hydrogen) atoms. The lowest BCUT2D eigenvalue weighted by molar-refractivity contribution is -0.139. The lowest BCUT2D eigenvalue weighted by Crippen LogP contribution is -2.53. The van der Waals surface area contributed by atoms with Crippen LogP contribution in [0.4, 0.5) is 13.2 Å². The zero-order valence-corrected chi connectivity index (χ0v) is 12.3. The number of hydrogen-bond acceptors (Lipinski definition) is 3. The van der Waals surface area contributed by atoms with Crippen LogP contribution in [0.1, 0.15) is 25.3 Å². The fourth-order valence-corrected chi connectivity index (χ4v) is 4.01. The van der Waals surface area contributed by atoms with E-state index in [4.69, 9.17) is 5.73 Å². The van der Waals surface area contributed by atoms with Crippen molar-refractivity contribution < 1.29 is 21.6 Å². The van der Waals surface area contributed by atoms with E-state index in [9.17, 15) is 21.6 Å². The lowest BCUT2D eigenvalue weighted by Gasteiger charge is -2.29. The van der Waals surface area contributed by atoms with Crippen molar-refractivity contribution in [1.29, 1.82) is 0 Å². The van der Waals surface area contributed by atoms with Gasteiger partial charge in [0.15, 0.2) is 0 Å². The Labute approximate surface area is 121 Å². The molecule has 1 unspecified atom stereocenters. The smallest absolute Gasteiger partial charge is 0.329 e. The standard InChI is InChI=1S/C13H17F3N2O2S/c1-12(8-17,9-6-7-9)18-21(19,20)11-5-3-2-4-10(11)13(14,15)16/h2-5,9,18H,6-8,17H2,1H3. The van der Waals surface area contributed by atoms with Gasteiger partial charge in [0, 0.05) is 12.1 Å². The molecule has 1 fully saturated rings. The van der Waals surface area contributed by atoms with Gasteiger partial charge in [-0.25, -0.2) is 13.1 Å². The van der Waals surface area contributed by atoms with Gasteiger partial charge in [-0.05, 0) is 37.8 Å². The van der Waals surface area contributed by atoms with Gasteiger partial charge in [0.25, 0.3) is 0 Å². The first-order chi connectivity index (χ1) is 9.60. The molecule has 0 amide bonds. The molecule has 2 rings (SSSR count). The van der Waals surface area contributed by atoms with Crippen LogP contribution < -0.4 is 10.5 Å². The number of sulfonamides is 1. The second-order valence-electron chi connectivity index (χ2n) is 5.50. The Morgan fingerprint density at radius 3 is 2.33 bits per heavy atom. The van der Waals surface area contributed by atoms with Gasteiger partial charge in [-0.2, -0.15) is 13.2 Å². The first-order valence-electron chi connectivity index (χ1n) is 6.50. The Hall–Kier alpha value is -1.12. The van der Waals surface area contributed by atoms with E-state index < -0.39 is 32.2 Å². The third-order valence-electron chi connectivity index (χ3n) is 3.75. The number of nitrogens with two attached hydrogens (primary N) is 1. The van der Waals surface area contributed by atoms with E-state index >= 15 is 0 Å². The van der Waals surface area contributed by atoms with Gasteiger partial charge >= 0.3 is 6.18 Å². The summed E-state index contributed by atoms with van der Waals surface area (Å²) in [5.41, 5.74) is 3.52. The third kappa shape index (κ3) is 3.38. The fourth-order valence-electron chi connectivity index (χ4n) is 2.31. The van der Waals surface area contributed by atoms with E-state index in [0.717, 1.165) is 31.0 Å². The van der Waals surface area contributed by atoms with E-state index in [-0.39, 0.29) is 12.5 Å². The second kappa shape index (κ2) is 5.26. The van der Waals surface area contributed by atoms with Crippen LogP contribution >= 0.6 is 0 Å². The normalized spacial score (nSPS) is 19.3. The topological polar surface area (TPSA) is 72.2 Å². The van der Waals surface area contributed by atoms with Gasteiger partial charge in [0.1, 0.15) is 0 Å². The fraction of sp³-hybridized carbons (Fsp3) is 0.538. The predicted octanol–water partition coefficient (Wildman–Crippen LogP) is 2.11. The van der Waals surface area contributed by atoms with Crippen molar-refractivity contribution in [2.45, 2.75) is 36.4 Å². The largest absolute Gasteiger partial charge is 0.417 e. The van der Waals surface area contributed by atoms with E-state index in [2.05, 4.69) is 4.72 Å². The van der Waals surface area contributed by atoms with Crippen LogP contribution in [0.5, 0.6) is 0 Å². The summed E-state index contributed by atoms with van der Waals surface area (Å²) in [6.07, 6.45) is -3.10. The molecule has 3 N–H and O–H groups in total. The first kappa shape index (κ1) is 16.3. The third-order valence-corrected chi connectivity index (χ3v) is 5.42. The maximum absolute atomic E-state index is 12.9. The Morgan fingerprint density at radius 1 is 1.29 bits per heavy atom. The van der Waals surface area contributed by atoms with Crippen molar-refractivity contribution in [2.24, 2.45) is 11.7 Å². The van der Waals surface area contributed by atoms with E-state index in [1.807, 2.05) is 0 Å². The highest BCUT2D eigenvalue weighted by molar-refractivity contribution is 7.89. The zero-order chi connectivity index (χ0) is 15.9. The van der Waals surface area contributed by atoms with Gasteiger partial charge < -0.3 is 5.73 Å². The maximum Gasteiger partial charge on any atom is 0.417 e. The molecule has 1 aromatic carbocycles. The van der Waals surface area contributed by atoms with Gasteiger partial charge in [0.2, 0.25) is 10.0 Å². The molecule has 0 aliphatic heterocycles. The second-order valence-corrected chi connectivity index (χ2v) is 7.15. The van der Waals surface area contributed by atoms with Gasteiger partial charge in [0.05, 0.1) is 10.5 Å². The summed E-state index contributed by atoms with van der Waals surface area (Å²) in [6.45, 7) is 1.66. The summed E-state index contributed by atoms with van der Waals surface area (Å²) in [5, 5.41) is 0. The number of halogens is 3. The Morgan fingerprint density at radius 2 is 1.86 bits per heavy atom. The molecule has 118 valence electrons. The molecule has 1 aliphatic carbocycles. The molecule has 0 heterocycles. The molecule has 0 bridgehead atoms. The molecule has 0 radical (unpaired) electrons. The molecule has 1 aliphatic rings. The lowest BCUT2D eigenvalue weighted by atomic mass is 9.98. The predicted molar refractivity (Wildman–Crippen MR) is 71.9 cm³/mol. The SMILES string of the molecule is CC(CN)(NS(=O)(=O)c1ccccc1C(F)(F)F)C1CC1. The van der Waals surface area contributed by atoms with Crippen LogP contribution in [-0.2, 0) is 16.2 Å². The quantitative estimate of drug-likeness (QED) is 0.872. The highest BCUT2D eigenvalue weighted by Crippen LogP contribution is 2.40. The summed E-state index contributed by atoms with van der Waals surface area (Å²) in [5.74, 6) is 0.0651. The van der Waals surface area contributed by atoms with Crippen LogP contribution in [-0.4, -0.2) is 20.5 Å². The summed E-state index contributed by atoms with van der Waals surface area (Å²) >= 11 is 0.